The Bertz CT molecular complexity index is 802. The first-order valence-corrected chi connectivity index (χ1v) is 8.19. The highest BCUT2D eigenvalue weighted by Crippen LogP contribution is 2.36. The van der Waals surface area contributed by atoms with Crippen LogP contribution in [0.2, 0.25) is 0 Å². The van der Waals surface area contributed by atoms with Crippen molar-refractivity contribution in [1.29, 1.82) is 0 Å². The van der Waals surface area contributed by atoms with Crippen molar-refractivity contribution in [1.82, 2.24) is 9.97 Å². The van der Waals surface area contributed by atoms with Gasteiger partial charge in [0.15, 0.2) is 0 Å². The highest BCUT2D eigenvalue weighted by atomic mass is 32.1. The Morgan fingerprint density at radius 3 is 2.65 bits per heavy atom. The molecule has 0 aromatic carbocycles. The van der Waals surface area contributed by atoms with Crippen molar-refractivity contribution in [2.45, 2.75) is 26.7 Å². The molecule has 2 aromatic rings. The number of piperidine rings is 1. The summed E-state index contributed by atoms with van der Waals surface area (Å²) in [4.78, 5) is 34.3. The van der Waals surface area contributed by atoms with Gasteiger partial charge in [0.2, 0.25) is 0 Å². The van der Waals surface area contributed by atoms with E-state index in [9.17, 15) is 19.8 Å². The summed E-state index contributed by atoms with van der Waals surface area (Å²) in [6.07, 6.45) is 1.43. The van der Waals surface area contributed by atoms with Crippen molar-refractivity contribution in [2.75, 3.05) is 18.0 Å². The zero-order chi connectivity index (χ0) is 16.7. The van der Waals surface area contributed by atoms with E-state index in [-0.39, 0.29) is 4.88 Å². The molecule has 0 saturated carbocycles. The fourth-order valence-corrected chi connectivity index (χ4v) is 4.09. The van der Waals surface area contributed by atoms with E-state index < -0.39 is 17.9 Å². The number of carbonyl (C=O) groups is 2. The number of fused-ring (bicyclic) bond motifs is 1. The number of anilines is 1. The molecule has 0 aliphatic carbocycles. The molecular formula is C15H17N3O4S. The Hall–Kier alpha value is -2.22. The molecular weight excluding hydrogens is 318 g/mol. The average molecular weight is 335 g/mol. The van der Waals surface area contributed by atoms with Gasteiger partial charge in [-0.2, -0.15) is 0 Å². The second-order valence-corrected chi connectivity index (χ2v) is 6.76. The van der Waals surface area contributed by atoms with Crippen molar-refractivity contribution >= 4 is 39.3 Å². The number of rotatable bonds is 3. The highest BCUT2D eigenvalue weighted by Gasteiger charge is 2.29. The minimum absolute atomic E-state index is 0.257. The SMILES string of the molecule is Cc1nc(N2CCCC(C(=O)O)C2)c2c(C)c(C(=O)O)sc2n1. The molecule has 3 heterocycles. The molecule has 7 nitrogen and oxygen atoms in total. The van der Waals surface area contributed by atoms with Crippen molar-refractivity contribution < 1.29 is 19.8 Å². The predicted octanol–water partition coefficient (Wildman–Crippen LogP) is 2.31. The van der Waals surface area contributed by atoms with E-state index >= 15 is 0 Å². The molecule has 1 unspecified atom stereocenters. The van der Waals surface area contributed by atoms with Gasteiger partial charge in [0, 0.05) is 13.1 Å². The van der Waals surface area contributed by atoms with Crippen LogP contribution in [0.1, 0.15) is 33.9 Å². The first-order chi connectivity index (χ1) is 10.9. The molecule has 3 rings (SSSR count). The van der Waals surface area contributed by atoms with Gasteiger partial charge in [-0.3, -0.25) is 4.79 Å². The number of hydrogen-bond donors (Lipinski definition) is 2. The van der Waals surface area contributed by atoms with Gasteiger partial charge in [-0.05, 0) is 32.3 Å². The topological polar surface area (TPSA) is 104 Å². The molecule has 1 fully saturated rings. The van der Waals surface area contributed by atoms with E-state index in [0.29, 0.717) is 41.5 Å². The number of thiophene rings is 1. The molecule has 1 aliphatic heterocycles. The Kier molecular flexibility index (Phi) is 3.93. The monoisotopic (exact) mass is 335 g/mol. The average Bonchev–Trinajstić information content (AvgIpc) is 2.83. The minimum atomic E-state index is -0.976. The quantitative estimate of drug-likeness (QED) is 0.887. The first-order valence-electron chi connectivity index (χ1n) is 7.37. The lowest BCUT2D eigenvalue weighted by Crippen LogP contribution is -2.39. The van der Waals surface area contributed by atoms with Crippen LogP contribution in [0.15, 0.2) is 0 Å². The van der Waals surface area contributed by atoms with Crippen LogP contribution < -0.4 is 4.90 Å². The lowest BCUT2D eigenvalue weighted by atomic mass is 9.98. The standard InChI is InChI=1S/C15H17N3O4S/c1-7-10-12(18-5-3-4-9(6-18)14(19)20)16-8(2)17-13(10)23-11(7)15(21)22/h9H,3-6H2,1-2H3,(H,19,20)(H,21,22). The maximum atomic E-state index is 11.4. The molecule has 0 amide bonds. The van der Waals surface area contributed by atoms with Gasteiger partial charge in [-0.25, -0.2) is 14.8 Å². The van der Waals surface area contributed by atoms with Crippen LogP contribution in [-0.4, -0.2) is 45.2 Å². The number of hydrogen-bond acceptors (Lipinski definition) is 6. The van der Waals surface area contributed by atoms with Crippen LogP contribution >= 0.6 is 11.3 Å². The molecule has 1 atom stereocenters. The minimum Gasteiger partial charge on any atom is -0.481 e. The van der Waals surface area contributed by atoms with Crippen molar-refractivity contribution in [3.05, 3.63) is 16.3 Å². The summed E-state index contributed by atoms with van der Waals surface area (Å²) in [6, 6.07) is 0. The molecule has 1 saturated heterocycles. The van der Waals surface area contributed by atoms with Gasteiger partial charge in [-0.1, -0.05) is 0 Å². The molecule has 1 aliphatic rings. The smallest absolute Gasteiger partial charge is 0.346 e. The Morgan fingerprint density at radius 1 is 1.26 bits per heavy atom. The third-order valence-electron chi connectivity index (χ3n) is 4.15. The summed E-state index contributed by atoms with van der Waals surface area (Å²) in [6.45, 7) is 4.62. The fraction of sp³-hybridized carbons (Fsp3) is 0.467. The van der Waals surface area contributed by atoms with E-state index in [2.05, 4.69) is 9.97 Å². The maximum Gasteiger partial charge on any atom is 0.346 e. The summed E-state index contributed by atoms with van der Waals surface area (Å²) < 4.78 is 0. The molecule has 0 spiro atoms. The van der Waals surface area contributed by atoms with Crippen LogP contribution in [0.3, 0.4) is 0 Å². The molecule has 0 radical (unpaired) electrons. The van der Waals surface area contributed by atoms with Gasteiger partial charge in [0.05, 0.1) is 11.3 Å². The van der Waals surface area contributed by atoms with Crippen LogP contribution in [0.5, 0.6) is 0 Å². The molecule has 2 N–H and O–H groups in total. The van der Waals surface area contributed by atoms with Crippen LogP contribution in [0, 0.1) is 19.8 Å². The second-order valence-electron chi connectivity index (χ2n) is 5.76. The van der Waals surface area contributed by atoms with E-state index in [1.165, 1.54) is 0 Å². The lowest BCUT2D eigenvalue weighted by Gasteiger charge is -2.32. The number of carboxylic acids is 2. The number of aryl methyl sites for hydroxylation is 2. The molecule has 2 aromatic heterocycles. The number of aliphatic carboxylic acids is 1. The Morgan fingerprint density at radius 2 is 2.00 bits per heavy atom. The lowest BCUT2D eigenvalue weighted by molar-refractivity contribution is -0.141. The summed E-state index contributed by atoms with van der Waals surface area (Å²) in [5.41, 5.74) is 0.643. The fourth-order valence-electron chi connectivity index (χ4n) is 3.03. The number of nitrogens with zero attached hydrogens (tertiary/aromatic N) is 3. The van der Waals surface area contributed by atoms with E-state index in [0.717, 1.165) is 23.1 Å². The third-order valence-corrected chi connectivity index (χ3v) is 5.32. The van der Waals surface area contributed by atoms with Crippen LogP contribution in [-0.2, 0) is 4.79 Å². The van der Waals surface area contributed by atoms with Gasteiger partial charge in [0.1, 0.15) is 21.3 Å². The first kappa shape index (κ1) is 15.7. The largest absolute Gasteiger partial charge is 0.481 e. The molecule has 122 valence electrons. The van der Waals surface area contributed by atoms with Crippen molar-refractivity contribution in [3.8, 4) is 0 Å². The number of aromatic carboxylic acids is 1. The van der Waals surface area contributed by atoms with E-state index in [4.69, 9.17) is 0 Å². The number of aromatic nitrogens is 2. The van der Waals surface area contributed by atoms with Crippen LogP contribution in [0.4, 0.5) is 5.82 Å². The molecule has 23 heavy (non-hydrogen) atoms. The Balaban J connectivity index is 2.13. The normalized spacial score (nSPS) is 18.3. The summed E-state index contributed by atoms with van der Waals surface area (Å²) in [7, 11) is 0. The molecule has 8 heteroatoms. The maximum absolute atomic E-state index is 11.4. The zero-order valence-corrected chi connectivity index (χ0v) is 13.7. The van der Waals surface area contributed by atoms with Gasteiger partial charge >= 0.3 is 11.9 Å². The van der Waals surface area contributed by atoms with Gasteiger partial charge in [0.25, 0.3) is 0 Å². The Labute approximate surface area is 136 Å². The summed E-state index contributed by atoms with van der Waals surface area (Å²) in [5, 5.41) is 19.3. The van der Waals surface area contributed by atoms with Crippen LogP contribution in [0.25, 0.3) is 10.2 Å². The number of carboxylic acid groups (broad SMARTS) is 2. The highest BCUT2D eigenvalue weighted by molar-refractivity contribution is 7.20. The third kappa shape index (κ3) is 2.74. The second kappa shape index (κ2) is 5.77. The van der Waals surface area contributed by atoms with Crippen molar-refractivity contribution in [3.63, 3.8) is 0 Å². The zero-order valence-electron chi connectivity index (χ0n) is 12.9. The summed E-state index contributed by atoms with van der Waals surface area (Å²) >= 11 is 1.14. The van der Waals surface area contributed by atoms with E-state index in [1.807, 2.05) is 4.90 Å². The van der Waals surface area contributed by atoms with Gasteiger partial charge in [-0.15, -0.1) is 11.3 Å². The summed E-state index contributed by atoms with van der Waals surface area (Å²) in [5.74, 6) is -0.990. The van der Waals surface area contributed by atoms with Crippen molar-refractivity contribution in [2.24, 2.45) is 5.92 Å². The van der Waals surface area contributed by atoms with E-state index in [1.54, 1.807) is 13.8 Å². The predicted molar refractivity (Wildman–Crippen MR) is 86.4 cm³/mol. The molecule has 0 bridgehead atoms. The van der Waals surface area contributed by atoms with Gasteiger partial charge < -0.3 is 15.1 Å².